The van der Waals surface area contributed by atoms with Gasteiger partial charge in [0.25, 0.3) is 17.1 Å². The summed E-state index contributed by atoms with van der Waals surface area (Å²) in [6, 6.07) is 34.4. The van der Waals surface area contributed by atoms with Gasteiger partial charge in [-0.2, -0.15) is 0 Å². The average molecular weight is 1370 g/mol. The Hall–Kier alpha value is -11.9. The fourth-order valence-electron chi connectivity index (χ4n) is 13.0. The molecule has 6 heterocycles. The molecule has 102 heavy (non-hydrogen) atoms. The maximum Gasteiger partial charge on any atom is 0.288 e. The lowest BCUT2D eigenvalue weighted by Crippen LogP contribution is -2.46. The molecule has 3 aromatic heterocycles. The number of hydrogen-bond acceptors (Lipinski definition) is 18. The van der Waals surface area contributed by atoms with Gasteiger partial charge in [-0.3, -0.25) is 0 Å². The number of aromatic nitrogens is 6. The van der Waals surface area contributed by atoms with E-state index in [1.54, 1.807) is 18.2 Å². The third kappa shape index (κ3) is 15.6. The number of nitrogens with one attached hydrogen (secondary N) is 4. The van der Waals surface area contributed by atoms with Crippen molar-refractivity contribution in [1.82, 2.24) is 45.0 Å². The van der Waals surface area contributed by atoms with Gasteiger partial charge in [0.1, 0.15) is 36.4 Å². The van der Waals surface area contributed by atoms with Crippen molar-refractivity contribution in [3.05, 3.63) is 230 Å². The first-order valence-electron chi connectivity index (χ1n) is 33.8. The van der Waals surface area contributed by atoms with Crippen molar-refractivity contribution >= 4 is 86.9 Å². The molecule has 0 spiro atoms. The Kier molecular flexibility index (Phi) is 20.9. The summed E-state index contributed by atoms with van der Waals surface area (Å²) in [5.74, 6) is -0.258. The van der Waals surface area contributed by atoms with E-state index in [2.05, 4.69) is 128 Å². The third-order valence-corrected chi connectivity index (χ3v) is 18.5. The van der Waals surface area contributed by atoms with Gasteiger partial charge >= 0.3 is 0 Å². The standard InChI is InChI=1S/C27H27FN6O.C26H25FN6O.C25H23FN6O/c1-4-33-11-13-34(14-12-33)21-8-6-20(7-9-21)32-26-25(29-3)27(31-17-30-26)35-23-10-5-19-15-18(2)16-22(19)24(23)28;1-17-14-18-4-9-22(23(27)21(18)15-17)34-26-24(28-2)25(29-16-30-26)31-19-5-7-20(8-6-19)33-12-10-32(3)11-13-33;1-16-13-17-3-8-21(22(26)20(17)14-16)33-25-23(27-2)24(29-15-30-25)31-18-4-6-19(7-5-18)32-11-9-28-10-12-32/h5-10,16-17H,4,11-15H2,1-2H3,(H,30,31,32);4-9,15-16H,10-14H2,1,3H3,(H,29,30,31);3-8,14-15,28H,9-13H2,1H3,(H,29,30,31). The molecule has 0 bridgehead atoms. The van der Waals surface area contributed by atoms with Crippen LogP contribution in [0.25, 0.3) is 32.8 Å². The van der Waals surface area contributed by atoms with Gasteiger partial charge in [0.2, 0.25) is 17.6 Å². The molecule has 6 aromatic carbocycles. The minimum Gasteiger partial charge on any atom is -0.446 e. The Morgan fingerprint density at radius 2 is 0.735 bits per heavy atom. The Morgan fingerprint density at radius 3 is 1.05 bits per heavy atom. The summed E-state index contributed by atoms with van der Waals surface area (Å²) in [6.45, 7) is 44.2. The Bertz CT molecular complexity index is 4820. The molecule has 24 heteroatoms. The van der Waals surface area contributed by atoms with E-state index in [4.69, 9.17) is 33.9 Å². The van der Waals surface area contributed by atoms with Crippen LogP contribution in [0.1, 0.15) is 61.1 Å². The van der Waals surface area contributed by atoms with Gasteiger partial charge in [-0.05, 0) is 161 Å². The van der Waals surface area contributed by atoms with Crippen molar-refractivity contribution in [3.8, 4) is 34.9 Å². The quantitative estimate of drug-likeness (QED) is 0.0670. The monoisotopic (exact) mass is 1370 g/mol. The minimum atomic E-state index is -0.447. The first kappa shape index (κ1) is 68.6. The molecule has 0 radical (unpaired) electrons. The van der Waals surface area contributed by atoms with Crippen LogP contribution in [0.15, 0.2) is 145 Å². The first-order valence-corrected chi connectivity index (χ1v) is 33.8. The van der Waals surface area contributed by atoms with Crippen LogP contribution in [-0.2, 0) is 19.3 Å². The van der Waals surface area contributed by atoms with Crippen LogP contribution in [0.3, 0.4) is 0 Å². The van der Waals surface area contributed by atoms with Crippen LogP contribution >= 0.6 is 0 Å². The fraction of sp³-hybridized carbons (Fsp3) is 0.269. The highest BCUT2D eigenvalue weighted by molar-refractivity contribution is 5.79. The number of nitrogens with zero attached hydrogens (tertiary/aromatic N) is 14. The van der Waals surface area contributed by atoms with Crippen LogP contribution in [0.4, 0.5) is 81.8 Å². The lowest BCUT2D eigenvalue weighted by molar-refractivity contribution is 0.271. The van der Waals surface area contributed by atoms with Crippen molar-refractivity contribution in [2.24, 2.45) is 0 Å². The van der Waals surface area contributed by atoms with Gasteiger partial charge < -0.3 is 60.0 Å². The summed E-state index contributed by atoms with van der Waals surface area (Å²) in [4.78, 5) is 47.5. The molecule has 0 unspecified atom stereocenters. The van der Waals surface area contributed by atoms with E-state index in [0.717, 1.165) is 166 Å². The molecule has 0 atom stereocenters. The predicted molar refractivity (Wildman–Crippen MR) is 395 cm³/mol. The predicted octanol–water partition coefficient (Wildman–Crippen LogP) is 16.3. The lowest BCUT2D eigenvalue weighted by Gasteiger charge is -2.35. The van der Waals surface area contributed by atoms with Crippen molar-refractivity contribution in [2.45, 2.75) is 47.0 Å². The number of rotatable bonds is 16. The number of fused-ring (bicyclic) bond motifs is 3. The molecule has 9 aromatic rings. The first-order chi connectivity index (χ1) is 49.7. The van der Waals surface area contributed by atoms with Gasteiger partial charge in [0, 0.05) is 129 Å². The molecular weight excluding hydrogens is 1290 g/mol. The van der Waals surface area contributed by atoms with Gasteiger partial charge in [-0.1, -0.05) is 60.1 Å². The van der Waals surface area contributed by atoms with Crippen LogP contribution in [0, 0.1) is 37.2 Å². The van der Waals surface area contributed by atoms with Gasteiger partial charge in [-0.25, -0.2) is 57.6 Å². The number of benzene rings is 6. The van der Waals surface area contributed by atoms with Crippen LogP contribution in [0.2, 0.25) is 0 Å². The highest BCUT2D eigenvalue weighted by atomic mass is 19.1. The second-order valence-electron chi connectivity index (χ2n) is 25.6. The fourth-order valence-corrected chi connectivity index (χ4v) is 13.0. The van der Waals surface area contributed by atoms with Crippen molar-refractivity contribution < 1.29 is 27.4 Å². The molecule has 3 saturated heterocycles. The lowest BCUT2D eigenvalue weighted by atomic mass is 10.1. The van der Waals surface area contributed by atoms with E-state index in [0.29, 0.717) is 34.1 Å². The number of piperazine rings is 3. The van der Waals surface area contributed by atoms with E-state index in [1.807, 2.05) is 106 Å². The zero-order valence-corrected chi connectivity index (χ0v) is 57.3. The number of halogens is 3. The van der Waals surface area contributed by atoms with Gasteiger partial charge in [-0.15, -0.1) is 0 Å². The molecule has 3 aliphatic heterocycles. The molecule has 0 amide bonds. The summed E-state index contributed by atoms with van der Waals surface area (Å²) < 4.78 is 62.3. The second kappa shape index (κ2) is 31.1. The molecule has 15 rings (SSSR count). The Labute approximate surface area is 591 Å². The summed E-state index contributed by atoms with van der Waals surface area (Å²) >= 11 is 0. The van der Waals surface area contributed by atoms with E-state index in [1.165, 1.54) is 24.7 Å². The highest BCUT2D eigenvalue weighted by Crippen LogP contribution is 2.44. The second-order valence-corrected chi connectivity index (χ2v) is 25.6. The van der Waals surface area contributed by atoms with Gasteiger partial charge in [0.15, 0.2) is 34.7 Å². The van der Waals surface area contributed by atoms with Crippen LogP contribution in [0.5, 0.6) is 34.9 Å². The van der Waals surface area contributed by atoms with E-state index in [-0.39, 0.29) is 52.0 Å². The van der Waals surface area contributed by atoms with Crippen molar-refractivity contribution in [1.29, 1.82) is 0 Å². The topological polar surface area (TPSA) is 182 Å². The van der Waals surface area contributed by atoms with Gasteiger partial charge in [0.05, 0.1) is 19.7 Å². The zero-order chi connectivity index (χ0) is 70.8. The molecule has 4 N–H and O–H groups in total. The third-order valence-electron chi connectivity index (χ3n) is 18.5. The van der Waals surface area contributed by atoms with Crippen molar-refractivity contribution in [2.75, 3.05) is 123 Å². The molecule has 3 aliphatic carbocycles. The number of anilines is 9. The molecule has 6 aliphatic rings. The molecule has 21 nitrogen and oxygen atoms in total. The Balaban J connectivity index is 0.000000137. The van der Waals surface area contributed by atoms with E-state index < -0.39 is 17.5 Å². The molecule has 3 fully saturated rings. The maximum atomic E-state index is 15.0. The summed E-state index contributed by atoms with van der Waals surface area (Å²) in [5, 5.41) is 12.9. The Morgan fingerprint density at radius 1 is 0.422 bits per heavy atom. The SMILES string of the molecule is [C-]#[N+]c1c(Nc2ccc(N3CCN(C)CC3)cc2)ncnc1Oc1ccc2c(c1F)C=C(C)C2.[C-]#[N+]c1c(Nc2ccc(N3CCN(CC)CC3)cc2)ncnc1Oc1ccc2c(c1F)C=C(C)C2.[C-]#[N+]c1c(Nc2ccc(N3CCNCC3)cc2)ncnc1Oc1ccc2c(c1F)C=C(C)C2. The highest BCUT2D eigenvalue weighted by Gasteiger charge is 2.26. The van der Waals surface area contributed by atoms with Crippen LogP contribution < -0.4 is 50.2 Å². The number of allylic oxidation sites excluding steroid dienone is 3. The zero-order valence-electron chi connectivity index (χ0n) is 57.3. The molecule has 516 valence electrons. The minimum absolute atomic E-state index is 0.0116. The smallest absolute Gasteiger partial charge is 0.288 e. The largest absolute Gasteiger partial charge is 0.446 e. The maximum absolute atomic E-state index is 15.0. The molecule has 0 saturated carbocycles. The summed E-state index contributed by atoms with van der Waals surface area (Å²) in [7, 11) is 2.13. The number of likely N-dealkylation sites (N-methyl/N-ethyl adjacent to an activating group) is 2. The summed E-state index contributed by atoms with van der Waals surface area (Å²) in [6.07, 6.45) is 11.6. The molecular formula is C78H75F3N18O3. The van der Waals surface area contributed by atoms with Crippen molar-refractivity contribution in [3.63, 3.8) is 0 Å². The summed E-state index contributed by atoms with van der Waals surface area (Å²) in [5.41, 5.74) is 13.8. The van der Waals surface area contributed by atoms with E-state index >= 15 is 8.78 Å². The number of hydrogen-bond donors (Lipinski definition) is 4. The van der Waals surface area contributed by atoms with Crippen LogP contribution in [-0.4, -0.2) is 132 Å². The van der Waals surface area contributed by atoms with E-state index in [9.17, 15) is 4.39 Å². The normalized spacial score (nSPS) is 15.3. The average Bonchev–Trinajstić information content (AvgIpc) is 1.54. The number of ether oxygens (including phenoxy) is 3.